The Kier molecular flexibility index (Phi) is 2.61. The quantitative estimate of drug-likeness (QED) is 0.411. The molecule has 1 rings (SSSR count). The molecule has 14 heavy (non-hydrogen) atoms. The van der Waals surface area contributed by atoms with Crippen molar-refractivity contribution in [1.29, 1.82) is 0 Å². The highest BCUT2D eigenvalue weighted by Gasteiger charge is 2.14. The third kappa shape index (κ3) is 1.76. The van der Waals surface area contributed by atoms with Crippen molar-refractivity contribution >= 4 is 11.8 Å². The second-order valence-corrected chi connectivity index (χ2v) is 2.34. The third-order valence-electron chi connectivity index (χ3n) is 1.50. The summed E-state index contributed by atoms with van der Waals surface area (Å²) in [5.41, 5.74) is -1.01. The zero-order chi connectivity index (χ0) is 10.7. The summed E-state index contributed by atoms with van der Waals surface area (Å²) < 4.78 is 4.29. The van der Waals surface area contributed by atoms with Gasteiger partial charge >= 0.3 is 11.8 Å². The van der Waals surface area contributed by atoms with Gasteiger partial charge in [0.05, 0.1) is 13.2 Å². The topological polar surface area (TPSA) is 102 Å². The minimum atomic E-state index is -0.832. The molecule has 0 saturated carbocycles. The summed E-state index contributed by atoms with van der Waals surface area (Å²) in [6.45, 7) is 0. The molecule has 0 aliphatic heterocycles. The lowest BCUT2D eigenvalue weighted by Crippen LogP contribution is -2.16. The number of aromatic amines is 1. The van der Waals surface area contributed by atoms with Gasteiger partial charge in [-0.1, -0.05) is 0 Å². The molecule has 7 heteroatoms. The van der Waals surface area contributed by atoms with Crippen molar-refractivity contribution in [3.63, 3.8) is 0 Å². The Balaban J connectivity index is 3.21. The maximum Gasteiger partial charge on any atom is 0.345 e. The summed E-state index contributed by atoms with van der Waals surface area (Å²) in [5.74, 6) is -1.30. The fraction of sp³-hybridized carbons (Fsp3) is 0.143. The van der Waals surface area contributed by atoms with Gasteiger partial charge in [0.1, 0.15) is 11.8 Å². The lowest BCUT2D eigenvalue weighted by molar-refractivity contribution is -0.389. The SMILES string of the molecule is COC(=O)c1c[nH]c([N+](=O)[O-])cc1=O. The van der Waals surface area contributed by atoms with E-state index in [0.717, 1.165) is 19.4 Å². The third-order valence-corrected chi connectivity index (χ3v) is 1.50. The van der Waals surface area contributed by atoms with Crippen LogP contribution in [0.4, 0.5) is 5.82 Å². The Hall–Kier alpha value is -2.18. The zero-order valence-electron chi connectivity index (χ0n) is 7.14. The first-order valence-electron chi connectivity index (χ1n) is 3.51. The number of carbonyl (C=O) groups excluding carboxylic acids is 1. The van der Waals surface area contributed by atoms with Crippen LogP contribution in [0.25, 0.3) is 0 Å². The monoisotopic (exact) mass is 198 g/mol. The second-order valence-electron chi connectivity index (χ2n) is 2.34. The van der Waals surface area contributed by atoms with Crippen molar-refractivity contribution in [2.75, 3.05) is 7.11 Å². The van der Waals surface area contributed by atoms with E-state index in [1.807, 2.05) is 0 Å². The van der Waals surface area contributed by atoms with E-state index in [0.29, 0.717) is 0 Å². The molecule has 0 bridgehead atoms. The van der Waals surface area contributed by atoms with Crippen molar-refractivity contribution in [3.05, 3.63) is 38.2 Å². The van der Waals surface area contributed by atoms with Gasteiger partial charge in [-0.05, 0) is 4.92 Å². The number of esters is 1. The highest BCUT2D eigenvalue weighted by Crippen LogP contribution is 2.02. The molecule has 0 amide bonds. The molecule has 0 fully saturated rings. The van der Waals surface area contributed by atoms with Crippen molar-refractivity contribution in [1.82, 2.24) is 4.98 Å². The maximum absolute atomic E-state index is 11.1. The molecular weight excluding hydrogens is 192 g/mol. The first kappa shape index (κ1) is 9.90. The van der Waals surface area contributed by atoms with E-state index in [1.165, 1.54) is 0 Å². The van der Waals surface area contributed by atoms with Gasteiger partial charge < -0.3 is 14.9 Å². The minimum Gasteiger partial charge on any atom is -0.465 e. The molecule has 0 radical (unpaired) electrons. The molecule has 7 nitrogen and oxygen atoms in total. The predicted octanol–water partition coefficient (Wildman–Crippen LogP) is 0.0697. The van der Waals surface area contributed by atoms with Crippen LogP contribution in [0.3, 0.4) is 0 Å². The van der Waals surface area contributed by atoms with Gasteiger partial charge in [-0.3, -0.25) is 4.79 Å². The number of H-pyrrole nitrogens is 1. The van der Waals surface area contributed by atoms with Gasteiger partial charge in [0.25, 0.3) is 0 Å². The zero-order valence-corrected chi connectivity index (χ0v) is 7.14. The minimum absolute atomic E-state index is 0.266. The normalized spacial score (nSPS) is 9.50. The number of hydrogen-bond donors (Lipinski definition) is 1. The van der Waals surface area contributed by atoms with Crippen LogP contribution in [0, 0.1) is 10.1 Å². The summed E-state index contributed by atoms with van der Waals surface area (Å²) in [7, 11) is 1.11. The van der Waals surface area contributed by atoms with E-state index in [4.69, 9.17) is 0 Å². The van der Waals surface area contributed by atoms with E-state index in [9.17, 15) is 19.7 Å². The molecule has 74 valence electrons. The van der Waals surface area contributed by atoms with Gasteiger partial charge in [-0.15, -0.1) is 0 Å². The van der Waals surface area contributed by atoms with Gasteiger partial charge in [0.2, 0.25) is 5.43 Å². The van der Waals surface area contributed by atoms with Crippen LogP contribution in [-0.2, 0) is 4.74 Å². The Labute approximate surface area is 77.5 Å². The number of hydrogen-bond acceptors (Lipinski definition) is 5. The number of pyridine rings is 1. The molecule has 1 N–H and O–H groups in total. The number of methoxy groups -OCH3 is 1. The fourth-order valence-corrected chi connectivity index (χ4v) is 0.836. The average molecular weight is 198 g/mol. The predicted molar refractivity (Wildman–Crippen MR) is 45.1 cm³/mol. The van der Waals surface area contributed by atoms with Gasteiger partial charge in [-0.25, -0.2) is 9.78 Å². The number of rotatable bonds is 2. The van der Waals surface area contributed by atoms with Gasteiger partial charge in [-0.2, -0.15) is 0 Å². The van der Waals surface area contributed by atoms with Gasteiger partial charge in [0, 0.05) is 0 Å². The summed E-state index contributed by atoms with van der Waals surface area (Å²) in [4.78, 5) is 33.7. The molecular formula is C7H6N2O5. The Morgan fingerprint density at radius 2 is 2.29 bits per heavy atom. The smallest absolute Gasteiger partial charge is 0.345 e. The molecule has 0 aliphatic carbocycles. The van der Waals surface area contributed by atoms with Crippen LogP contribution < -0.4 is 5.43 Å². The summed E-state index contributed by atoms with van der Waals surface area (Å²) >= 11 is 0. The van der Waals surface area contributed by atoms with E-state index in [1.54, 1.807) is 0 Å². The molecule has 0 unspecified atom stereocenters. The Bertz CT molecular complexity index is 436. The molecule has 1 heterocycles. The molecule has 0 aliphatic rings. The van der Waals surface area contributed by atoms with Crippen LogP contribution in [0.5, 0.6) is 0 Å². The average Bonchev–Trinajstić information content (AvgIpc) is 2.16. The lowest BCUT2D eigenvalue weighted by atomic mass is 10.3. The fourth-order valence-electron chi connectivity index (χ4n) is 0.836. The molecule has 0 saturated heterocycles. The molecule has 1 aromatic rings. The molecule has 1 aromatic heterocycles. The maximum atomic E-state index is 11.1. The van der Waals surface area contributed by atoms with Crippen molar-refractivity contribution in [2.24, 2.45) is 0 Å². The number of nitrogens with zero attached hydrogens (tertiary/aromatic N) is 1. The van der Waals surface area contributed by atoms with Crippen LogP contribution in [0.1, 0.15) is 10.4 Å². The number of carbonyl (C=O) groups is 1. The van der Waals surface area contributed by atoms with E-state index < -0.39 is 22.1 Å². The molecule has 0 aromatic carbocycles. The van der Waals surface area contributed by atoms with Crippen molar-refractivity contribution in [2.45, 2.75) is 0 Å². The van der Waals surface area contributed by atoms with Crippen LogP contribution in [0.2, 0.25) is 0 Å². The van der Waals surface area contributed by atoms with Gasteiger partial charge in [0.15, 0.2) is 0 Å². The van der Waals surface area contributed by atoms with Crippen LogP contribution in [-0.4, -0.2) is 23.0 Å². The first-order valence-corrected chi connectivity index (χ1v) is 3.51. The molecule has 0 atom stereocenters. The van der Waals surface area contributed by atoms with E-state index in [-0.39, 0.29) is 5.56 Å². The van der Waals surface area contributed by atoms with E-state index >= 15 is 0 Å². The van der Waals surface area contributed by atoms with E-state index in [2.05, 4.69) is 9.72 Å². The number of ether oxygens (including phenoxy) is 1. The summed E-state index contributed by atoms with van der Waals surface area (Å²) in [6, 6.07) is 0.728. The van der Waals surface area contributed by atoms with Crippen molar-refractivity contribution in [3.8, 4) is 0 Å². The number of aromatic nitrogens is 1. The van der Waals surface area contributed by atoms with Crippen molar-refractivity contribution < 1.29 is 14.5 Å². The van der Waals surface area contributed by atoms with Crippen LogP contribution >= 0.6 is 0 Å². The van der Waals surface area contributed by atoms with Crippen LogP contribution in [0.15, 0.2) is 17.1 Å². The lowest BCUT2D eigenvalue weighted by Gasteiger charge is -1.96. The Morgan fingerprint density at radius 1 is 1.64 bits per heavy atom. The largest absolute Gasteiger partial charge is 0.465 e. The number of nitro groups is 1. The molecule has 0 spiro atoms. The Morgan fingerprint density at radius 3 is 2.71 bits per heavy atom. The summed E-state index contributed by atoms with van der Waals surface area (Å²) in [5, 5.41) is 10.2. The second kappa shape index (κ2) is 3.69. The number of nitrogens with one attached hydrogen (secondary N) is 1. The summed E-state index contributed by atoms with van der Waals surface area (Å²) in [6.07, 6.45) is 0.951. The first-order chi connectivity index (χ1) is 6.56. The highest BCUT2D eigenvalue weighted by molar-refractivity contribution is 5.88. The highest BCUT2D eigenvalue weighted by atomic mass is 16.6. The standard InChI is InChI=1S/C7H6N2O5/c1-14-7(11)4-3-8-6(9(12)13)2-5(4)10/h2-3H,1H3,(H,8,10).